The minimum atomic E-state index is -0.235. The molecular formula is C16H17BrN2O2. The Morgan fingerprint density at radius 3 is 2.62 bits per heavy atom. The molecule has 0 bridgehead atoms. The fourth-order valence-electron chi connectivity index (χ4n) is 1.99. The van der Waals surface area contributed by atoms with Gasteiger partial charge in [0, 0.05) is 4.47 Å². The number of carbonyl (C=O) groups is 1. The average molecular weight is 349 g/mol. The topological polar surface area (TPSA) is 64.3 Å². The molecule has 1 amide bonds. The van der Waals surface area contributed by atoms with E-state index < -0.39 is 0 Å². The largest absolute Gasteiger partial charge is 0.497 e. The van der Waals surface area contributed by atoms with E-state index in [1.165, 1.54) is 0 Å². The third-order valence-electron chi connectivity index (χ3n) is 3.42. The molecule has 3 N–H and O–H groups in total. The van der Waals surface area contributed by atoms with Crippen LogP contribution in [0.25, 0.3) is 0 Å². The number of aryl methyl sites for hydroxylation is 1. The van der Waals surface area contributed by atoms with Crippen LogP contribution in [-0.4, -0.2) is 13.0 Å². The number of hydrogen-bond acceptors (Lipinski definition) is 3. The summed E-state index contributed by atoms with van der Waals surface area (Å²) < 4.78 is 5.85. The highest BCUT2D eigenvalue weighted by Gasteiger charge is 2.15. The number of halogens is 1. The molecule has 21 heavy (non-hydrogen) atoms. The number of ether oxygens (including phenoxy) is 1. The van der Waals surface area contributed by atoms with E-state index in [0.717, 1.165) is 11.1 Å². The minimum Gasteiger partial charge on any atom is -0.497 e. The Morgan fingerprint density at radius 1 is 1.24 bits per heavy atom. The van der Waals surface area contributed by atoms with Crippen molar-refractivity contribution in [2.75, 3.05) is 18.2 Å². The number of nitrogens with one attached hydrogen (secondary N) is 1. The van der Waals surface area contributed by atoms with Crippen LogP contribution in [0.5, 0.6) is 5.75 Å². The molecule has 0 aromatic heterocycles. The smallest absolute Gasteiger partial charge is 0.257 e. The first-order valence-corrected chi connectivity index (χ1v) is 7.24. The average Bonchev–Trinajstić information content (AvgIpc) is 2.48. The van der Waals surface area contributed by atoms with Gasteiger partial charge >= 0.3 is 0 Å². The van der Waals surface area contributed by atoms with Crippen molar-refractivity contribution >= 4 is 33.2 Å². The highest BCUT2D eigenvalue weighted by atomic mass is 79.9. The van der Waals surface area contributed by atoms with Crippen LogP contribution < -0.4 is 15.8 Å². The van der Waals surface area contributed by atoms with Crippen LogP contribution in [0.1, 0.15) is 21.5 Å². The van der Waals surface area contributed by atoms with Crippen LogP contribution in [0.4, 0.5) is 11.4 Å². The van der Waals surface area contributed by atoms with E-state index in [4.69, 9.17) is 10.5 Å². The van der Waals surface area contributed by atoms with Crippen molar-refractivity contribution in [3.05, 3.63) is 51.5 Å². The molecule has 2 rings (SSSR count). The van der Waals surface area contributed by atoms with E-state index in [1.807, 2.05) is 19.9 Å². The molecule has 0 heterocycles. The van der Waals surface area contributed by atoms with E-state index in [1.54, 1.807) is 31.4 Å². The predicted molar refractivity (Wildman–Crippen MR) is 89.0 cm³/mol. The van der Waals surface area contributed by atoms with E-state index in [9.17, 15) is 4.79 Å². The number of amides is 1. The normalized spacial score (nSPS) is 10.3. The SMILES string of the molecule is COc1ccc(Br)c(C(=O)Nc2c(N)ccc(C)c2C)c1. The summed E-state index contributed by atoms with van der Waals surface area (Å²) in [5.74, 6) is 0.387. The molecule has 0 atom stereocenters. The summed E-state index contributed by atoms with van der Waals surface area (Å²) in [6, 6.07) is 8.97. The third kappa shape index (κ3) is 3.19. The van der Waals surface area contributed by atoms with Crippen LogP contribution in [-0.2, 0) is 0 Å². The van der Waals surface area contributed by atoms with E-state index in [0.29, 0.717) is 27.2 Å². The molecule has 0 unspecified atom stereocenters. The summed E-state index contributed by atoms with van der Waals surface area (Å²) in [5.41, 5.74) is 9.68. The molecule has 0 saturated heterocycles. The van der Waals surface area contributed by atoms with E-state index in [-0.39, 0.29) is 5.91 Å². The highest BCUT2D eigenvalue weighted by Crippen LogP contribution is 2.28. The molecule has 110 valence electrons. The molecular weight excluding hydrogens is 332 g/mol. The van der Waals surface area contributed by atoms with Crippen LogP contribution in [0.15, 0.2) is 34.8 Å². The molecule has 2 aromatic rings. The monoisotopic (exact) mass is 348 g/mol. The minimum absolute atomic E-state index is 0.235. The van der Waals surface area contributed by atoms with Gasteiger partial charge in [-0.3, -0.25) is 4.79 Å². The van der Waals surface area contributed by atoms with Crippen molar-refractivity contribution in [2.45, 2.75) is 13.8 Å². The Bertz CT molecular complexity index is 699. The van der Waals surface area contributed by atoms with Crippen molar-refractivity contribution in [3.8, 4) is 5.75 Å². The Morgan fingerprint density at radius 2 is 1.95 bits per heavy atom. The lowest BCUT2D eigenvalue weighted by Gasteiger charge is -2.14. The Balaban J connectivity index is 2.37. The summed E-state index contributed by atoms with van der Waals surface area (Å²) in [6.45, 7) is 3.91. The fraction of sp³-hybridized carbons (Fsp3) is 0.188. The van der Waals surface area contributed by atoms with Crippen molar-refractivity contribution in [1.29, 1.82) is 0 Å². The first-order valence-electron chi connectivity index (χ1n) is 6.44. The maximum absolute atomic E-state index is 12.5. The van der Waals surface area contributed by atoms with Crippen molar-refractivity contribution < 1.29 is 9.53 Å². The standard InChI is InChI=1S/C16H17BrN2O2/c1-9-4-7-14(18)15(10(9)2)19-16(20)12-8-11(21-3)5-6-13(12)17/h4-8H,18H2,1-3H3,(H,19,20). The second-order valence-electron chi connectivity index (χ2n) is 4.77. The van der Waals surface area contributed by atoms with Gasteiger partial charge in [0.2, 0.25) is 0 Å². The van der Waals surface area contributed by atoms with Crippen LogP contribution in [0.2, 0.25) is 0 Å². The molecule has 0 aliphatic heterocycles. The summed E-state index contributed by atoms with van der Waals surface area (Å²) in [4.78, 5) is 12.5. The fourth-order valence-corrected chi connectivity index (χ4v) is 2.42. The van der Waals surface area contributed by atoms with Gasteiger partial charge < -0.3 is 15.8 Å². The zero-order chi connectivity index (χ0) is 15.6. The van der Waals surface area contributed by atoms with Gasteiger partial charge in [-0.1, -0.05) is 6.07 Å². The van der Waals surface area contributed by atoms with Gasteiger partial charge in [0.15, 0.2) is 0 Å². The molecule has 0 aliphatic carbocycles. The predicted octanol–water partition coefficient (Wildman–Crippen LogP) is 3.91. The number of nitrogen functional groups attached to an aromatic ring is 1. The molecule has 2 aromatic carbocycles. The number of methoxy groups -OCH3 is 1. The van der Waals surface area contributed by atoms with Crippen LogP contribution in [0.3, 0.4) is 0 Å². The summed E-state index contributed by atoms with van der Waals surface area (Å²) in [6.07, 6.45) is 0. The Kier molecular flexibility index (Phi) is 4.53. The first kappa shape index (κ1) is 15.4. The maximum Gasteiger partial charge on any atom is 0.257 e. The lowest BCUT2D eigenvalue weighted by Crippen LogP contribution is -2.15. The summed E-state index contributed by atoms with van der Waals surface area (Å²) >= 11 is 3.38. The van der Waals surface area contributed by atoms with E-state index >= 15 is 0 Å². The van der Waals surface area contributed by atoms with Gasteiger partial charge in [-0.2, -0.15) is 0 Å². The van der Waals surface area contributed by atoms with Crippen molar-refractivity contribution in [1.82, 2.24) is 0 Å². The number of hydrogen-bond donors (Lipinski definition) is 2. The highest BCUT2D eigenvalue weighted by molar-refractivity contribution is 9.10. The number of benzene rings is 2. The van der Waals surface area contributed by atoms with Gasteiger partial charge in [-0.05, 0) is 65.2 Å². The lowest BCUT2D eigenvalue weighted by atomic mass is 10.1. The van der Waals surface area contributed by atoms with Gasteiger partial charge in [0.25, 0.3) is 5.91 Å². The second-order valence-corrected chi connectivity index (χ2v) is 5.63. The number of rotatable bonds is 3. The molecule has 0 aliphatic rings. The molecule has 0 fully saturated rings. The number of anilines is 2. The molecule has 0 radical (unpaired) electrons. The summed E-state index contributed by atoms with van der Waals surface area (Å²) in [5, 5.41) is 2.88. The van der Waals surface area contributed by atoms with Gasteiger partial charge in [-0.25, -0.2) is 0 Å². The molecule has 0 spiro atoms. The van der Waals surface area contributed by atoms with Crippen molar-refractivity contribution in [2.24, 2.45) is 0 Å². The summed E-state index contributed by atoms with van der Waals surface area (Å²) in [7, 11) is 1.56. The second kappa shape index (κ2) is 6.18. The van der Waals surface area contributed by atoms with Gasteiger partial charge in [0.1, 0.15) is 5.75 Å². The van der Waals surface area contributed by atoms with E-state index in [2.05, 4.69) is 21.2 Å². The zero-order valence-electron chi connectivity index (χ0n) is 12.2. The quantitative estimate of drug-likeness (QED) is 0.826. The van der Waals surface area contributed by atoms with Crippen molar-refractivity contribution in [3.63, 3.8) is 0 Å². The van der Waals surface area contributed by atoms with Gasteiger partial charge in [0.05, 0.1) is 24.0 Å². The number of carbonyl (C=O) groups excluding carboxylic acids is 1. The first-order chi connectivity index (χ1) is 9.93. The zero-order valence-corrected chi connectivity index (χ0v) is 13.7. The number of nitrogens with two attached hydrogens (primary N) is 1. The Hall–Kier alpha value is -2.01. The van der Waals surface area contributed by atoms with Gasteiger partial charge in [-0.15, -0.1) is 0 Å². The Labute approximate surface area is 132 Å². The molecule has 5 heteroatoms. The maximum atomic E-state index is 12.5. The lowest BCUT2D eigenvalue weighted by molar-refractivity contribution is 0.102. The third-order valence-corrected chi connectivity index (χ3v) is 4.12. The van der Waals surface area contributed by atoms with Crippen LogP contribution in [0, 0.1) is 13.8 Å². The molecule has 0 saturated carbocycles. The van der Waals surface area contributed by atoms with Crippen LogP contribution >= 0.6 is 15.9 Å². The molecule has 4 nitrogen and oxygen atoms in total.